The summed E-state index contributed by atoms with van der Waals surface area (Å²) in [5.74, 6) is 0. The van der Waals surface area contributed by atoms with Crippen molar-refractivity contribution < 1.29 is 0 Å². The average Bonchev–Trinajstić information content (AvgIpc) is 2.74. The Kier molecular flexibility index (Phi) is 2.48. The molecule has 0 aliphatic carbocycles. The van der Waals surface area contributed by atoms with Crippen LogP contribution >= 0.6 is 15.9 Å². The van der Waals surface area contributed by atoms with Crippen molar-refractivity contribution in [3.63, 3.8) is 0 Å². The molecule has 0 saturated carbocycles. The van der Waals surface area contributed by atoms with Crippen molar-refractivity contribution in [2.45, 2.75) is 6.92 Å². The molecule has 2 nitrogen and oxygen atoms in total. The van der Waals surface area contributed by atoms with E-state index in [2.05, 4.69) is 56.6 Å². The molecule has 3 rings (SSSR count). The summed E-state index contributed by atoms with van der Waals surface area (Å²) < 4.78 is 3.15. The van der Waals surface area contributed by atoms with Crippen LogP contribution in [0.15, 0.2) is 53.3 Å². The van der Waals surface area contributed by atoms with Crippen LogP contribution in [0.2, 0.25) is 0 Å². The van der Waals surface area contributed by atoms with E-state index < -0.39 is 0 Å². The molecule has 17 heavy (non-hydrogen) atoms. The lowest BCUT2D eigenvalue weighted by Gasteiger charge is -2.04. The zero-order valence-electron chi connectivity index (χ0n) is 9.39. The number of nitrogens with zero attached hydrogens (tertiary/aromatic N) is 2. The zero-order valence-corrected chi connectivity index (χ0v) is 11.0. The van der Waals surface area contributed by atoms with E-state index in [-0.39, 0.29) is 0 Å². The van der Waals surface area contributed by atoms with Gasteiger partial charge in [-0.05, 0) is 34.5 Å². The smallest absolute Gasteiger partial charge is 0.151 e. The molecule has 0 aliphatic heterocycles. The number of aromatic nitrogens is 2. The molecule has 0 amide bonds. The third-order valence-electron chi connectivity index (χ3n) is 2.77. The predicted molar refractivity (Wildman–Crippen MR) is 73.1 cm³/mol. The average molecular weight is 287 g/mol. The number of pyridine rings is 1. The van der Waals surface area contributed by atoms with Crippen LogP contribution in [0.3, 0.4) is 0 Å². The van der Waals surface area contributed by atoms with Gasteiger partial charge in [0.15, 0.2) is 5.65 Å². The van der Waals surface area contributed by atoms with Crippen LogP contribution in [0.25, 0.3) is 16.9 Å². The second-order valence-corrected chi connectivity index (χ2v) is 4.92. The quantitative estimate of drug-likeness (QED) is 0.659. The fourth-order valence-corrected chi connectivity index (χ4v) is 2.65. The molecule has 0 spiro atoms. The van der Waals surface area contributed by atoms with Crippen molar-refractivity contribution in [3.05, 3.63) is 58.8 Å². The molecule has 0 N–H and O–H groups in total. The van der Waals surface area contributed by atoms with E-state index in [1.54, 1.807) is 0 Å². The van der Waals surface area contributed by atoms with Gasteiger partial charge < -0.3 is 0 Å². The van der Waals surface area contributed by atoms with E-state index >= 15 is 0 Å². The van der Waals surface area contributed by atoms with Crippen molar-refractivity contribution >= 4 is 21.6 Å². The third-order valence-corrected chi connectivity index (χ3v) is 3.35. The molecular weight excluding hydrogens is 276 g/mol. The van der Waals surface area contributed by atoms with Gasteiger partial charge >= 0.3 is 0 Å². The monoisotopic (exact) mass is 286 g/mol. The van der Waals surface area contributed by atoms with Crippen molar-refractivity contribution in [2.75, 3.05) is 0 Å². The van der Waals surface area contributed by atoms with Gasteiger partial charge in [-0.1, -0.05) is 30.3 Å². The summed E-state index contributed by atoms with van der Waals surface area (Å²) in [6.07, 6.45) is 4.02. The van der Waals surface area contributed by atoms with Crippen LogP contribution in [-0.2, 0) is 0 Å². The van der Waals surface area contributed by atoms with Crippen molar-refractivity contribution in [1.29, 1.82) is 0 Å². The zero-order chi connectivity index (χ0) is 11.8. The summed E-state index contributed by atoms with van der Waals surface area (Å²) in [5, 5.41) is 0. The molecule has 3 aromatic rings. The number of hydrogen-bond donors (Lipinski definition) is 0. The Balaban J connectivity index is 2.32. The minimum absolute atomic E-state index is 0.953. The van der Waals surface area contributed by atoms with Gasteiger partial charge in [0, 0.05) is 11.8 Å². The van der Waals surface area contributed by atoms with Crippen molar-refractivity contribution in [1.82, 2.24) is 9.38 Å². The molecule has 0 atom stereocenters. The minimum Gasteiger partial charge on any atom is -0.298 e. The summed E-state index contributed by atoms with van der Waals surface area (Å²) in [6, 6.07) is 12.4. The Morgan fingerprint density at radius 3 is 2.71 bits per heavy atom. The van der Waals surface area contributed by atoms with Crippen LogP contribution in [0.5, 0.6) is 0 Å². The molecule has 0 aliphatic rings. The van der Waals surface area contributed by atoms with Gasteiger partial charge in [-0.15, -0.1) is 0 Å². The first kappa shape index (κ1) is 10.5. The highest BCUT2D eigenvalue weighted by atomic mass is 79.9. The second kappa shape index (κ2) is 4.00. The van der Waals surface area contributed by atoms with E-state index in [1.165, 1.54) is 11.1 Å². The van der Waals surface area contributed by atoms with E-state index in [0.29, 0.717) is 0 Å². The van der Waals surface area contributed by atoms with Gasteiger partial charge in [0.1, 0.15) is 0 Å². The molecule has 0 saturated heterocycles. The molecular formula is C14H11BrN2. The Hall–Kier alpha value is -1.61. The third kappa shape index (κ3) is 1.76. The van der Waals surface area contributed by atoms with Crippen molar-refractivity contribution in [2.24, 2.45) is 0 Å². The normalized spacial score (nSPS) is 10.9. The summed E-state index contributed by atoms with van der Waals surface area (Å²) in [7, 11) is 0. The van der Waals surface area contributed by atoms with Crippen LogP contribution in [0, 0.1) is 6.92 Å². The highest BCUT2D eigenvalue weighted by molar-refractivity contribution is 9.10. The van der Waals surface area contributed by atoms with Crippen molar-refractivity contribution in [3.8, 4) is 11.3 Å². The summed E-state index contributed by atoms with van der Waals surface area (Å²) >= 11 is 3.55. The lowest BCUT2D eigenvalue weighted by Crippen LogP contribution is -1.90. The SMILES string of the molecule is Cc1cc(Br)c2ncc(-c3ccccc3)n2c1. The fraction of sp³-hybridized carbons (Fsp3) is 0.0714. The molecule has 0 unspecified atom stereocenters. The molecule has 2 heterocycles. The summed E-state index contributed by atoms with van der Waals surface area (Å²) in [4.78, 5) is 4.45. The number of halogens is 1. The largest absolute Gasteiger partial charge is 0.298 e. The first-order chi connectivity index (χ1) is 8.25. The van der Waals surface area contributed by atoms with E-state index in [9.17, 15) is 0 Å². The van der Waals surface area contributed by atoms with Crippen LogP contribution in [0.4, 0.5) is 0 Å². The first-order valence-corrected chi connectivity index (χ1v) is 6.23. The number of fused-ring (bicyclic) bond motifs is 1. The Labute approximate surface area is 108 Å². The number of benzene rings is 1. The van der Waals surface area contributed by atoms with Gasteiger partial charge in [0.05, 0.1) is 16.4 Å². The van der Waals surface area contributed by atoms with E-state index in [4.69, 9.17) is 0 Å². The molecule has 2 aromatic heterocycles. The van der Waals surface area contributed by atoms with Gasteiger partial charge in [-0.25, -0.2) is 4.98 Å². The van der Waals surface area contributed by atoms with Crippen LogP contribution < -0.4 is 0 Å². The predicted octanol–water partition coefficient (Wildman–Crippen LogP) is 4.07. The van der Waals surface area contributed by atoms with Gasteiger partial charge in [-0.3, -0.25) is 4.40 Å². The maximum absolute atomic E-state index is 4.45. The molecule has 0 fully saturated rings. The molecule has 3 heteroatoms. The fourth-order valence-electron chi connectivity index (χ4n) is 2.00. The topological polar surface area (TPSA) is 17.3 Å². The molecule has 0 radical (unpaired) electrons. The molecule has 84 valence electrons. The summed E-state index contributed by atoms with van der Waals surface area (Å²) in [5.41, 5.74) is 4.46. The second-order valence-electron chi connectivity index (χ2n) is 4.07. The van der Waals surface area contributed by atoms with E-state index in [0.717, 1.165) is 15.8 Å². The standard InChI is InChI=1S/C14H11BrN2/c1-10-7-12(15)14-16-8-13(17(14)9-10)11-5-3-2-4-6-11/h2-9H,1H3. The maximum Gasteiger partial charge on any atom is 0.151 e. The Morgan fingerprint density at radius 2 is 1.94 bits per heavy atom. The Bertz CT molecular complexity index is 671. The van der Waals surface area contributed by atoms with Crippen LogP contribution in [0.1, 0.15) is 5.56 Å². The summed E-state index contributed by atoms with van der Waals surface area (Å²) in [6.45, 7) is 2.08. The van der Waals surface area contributed by atoms with Gasteiger partial charge in [-0.2, -0.15) is 0 Å². The molecule has 1 aromatic carbocycles. The van der Waals surface area contributed by atoms with Crippen LogP contribution in [-0.4, -0.2) is 9.38 Å². The number of aryl methyl sites for hydroxylation is 1. The number of imidazole rings is 1. The van der Waals surface area contributed by atoms with Gasteiger partial charge in [0.25, 0.3) is 0 Å². The maximum atomic E-state index is 4.45. The minimum atomic E-state index is 0.953. The van der Waals surface area contributed by atoms with E-state index in [1.807, 2.05) is 24.4 Å². The van der Waals surface area contributed by atoms with Gasteiger partial charge in [0.2, 0.25) is 0 Å². The Morgan fingerprint density at radius 1 is 1.18 bits per heavy atom. The molecule has 0 bridgehead atoms. The first-order valence-electron chi connectivity index (χ1n) is 5.44. The lowest BCUT2D eigenvalue weighted by atomic mass is 10.2. The number of hydrogen-bond acceptors (Lipinski definition) is 1. The highest BCUT2D eigenvalue weighted by Gasteiger charge is 2.08. The highest BCUT2D eigenvalue weighted by Crippen LogP contribution is 2.25. The lowest BCUT2D eigenvalue weighted by molar-refractivity contribution is 1.15. The number of rotatable bonds is 1.